The lowest BCUT2D eigenvalue weighted by atomic mass is 10.2. The summed E-state index contributed by atoms with van der Waals surface area (Å²) in [5.74, 6) is 0.599. The van der Waals surface area contributed by atoms with Crippen LogP contribution in [0.2, 0.25) is 0 Å². The van der Waals surface area contributed by atoms with Crippen molar-refractivity contribution in [1.29, 1.82) is 0 Å². The molecule has 0 aliphatic carbocycles. The average molecular weight is 233 g/mol. The summed E-state index contributed by atoms with van der Waals surface area (Å²) in [6.45, 7) is 0.313. The first-order chi connectivity index (χ1) is 8.35. The molecule has 0 bridgehead atoms. The number of benzene rings is 1. The normalized spacial score (nSPS) is 11.0. The van der Waals surface area contributed by atoms with Crippen LogP contribution in [-0.2, 0) is 9.47 Å². The molecule has 2 aromatic rings. The Morgan fingerprint density at radius 1 is 1.12 bits per heavy atom. The van der Waals surface area contributed by atoms with Crippen molar-refractivity contribution in [2.45, 2.75) is 6.29 Å². The molecule has 0 spiro atoms. The van der Waals surface area contributed by atoms with E-state index in [1.807, 2.05) is 30.3 Å². The summed E-state index contributed by atoms with van der Waals surface area (Å²) in [5, 5.41) is 2.09. The standard InChI is InChI=1S/C13H15NO3/c1-15-12(16-2)9-17-13-11-6-4-3-5-10(11)7-8-14-13/h3-8,12H,9H2,1-2H3. The van der Waals surface area contributed by atoms with Gasteiger partial charge >= 0.3 is 0 Å². The van der Waals surface area contributed by atoms with Gasteiger partial charge in [-0.05, 0) is 17.5 Å². The Hall–Kier alpha value is -1.65. The number of hydrogen-bond donors (Lipinski definition) is 0. The molecule has 1 heterocycles. The van der Waals surface area contributed by atoms with Gasteiger partial charge in [0.05, 0.1) is 0 Å². The van der Waals surface area contributed by atoms with Crippen LogP contribution in [0.25, 0.3) is 10.8 Å². The van der Waals surface area contributed by atoms with Crippen molar-refractivity contribution < 1.29 is 14.2 Å². The molecule has 0 N–H and O–H groups in total. The minimum atomic E-state index is -0.379. The number of pyridine rings is 1. The van der Waals surface area contributed by atoms with Gasteiger partial charge in [-0.3, -0.25) is 0 Å². The highest BCUT2D eigenvalue weighted by molar-refractivity contribution is 5.86. The first-order valence-electron chi connectivity index (χ1n) is 5.37. The molecule has 0 aliphatic heterocycles. The first kappa shape index (κ1) is 11.8. The fourth-order valence-electron chi connectivity index (χ4n) is 1.59. The minimum absolute atomic E-state index is 0.313. The Kier molecular flexibility index (Phi) is 3.90. The van der Waals surface area contributed by atoms with Crippen molar-refractivity contribution in [2.24, 2.45) is 0 Å². The molecule has 90 valence electrons. The molecule has 0 unspecified atom stereocenters. The van der Waals surface area contributed by atoms with Crippen LogP contribution in [-0.4, -0.2) is 32.1 Å². The van der Waals surface area contributed by atoms with Gasteiger partial charge in [0.15, 0.2) is 6.29 Å². The highest BCUT2D eigenvalue weighted by Gasteiger charge is 2.08. The fourth-order valence-corrected chi connectivity index (χ4v) is 1.59. The molecule has 4 nitrogen and oxygen atoms in total. The molecule has 0 saturated heterocycles. The monoisotopic (exact) mass is 233 g/mol. The molecule has 0 fully saturated rings. The predicted octanol–water partition coefficient (Wildman–Crippen LogP) is 2.23. The number of rotatable bonds is 5. The molecule has 0 aliphatic rings. The molecule has 1 aromatic heterocycles. The Bertz CT molecular complexity index is 478. The van der Waals surface area contributed by atoms with Crippen LogP contribution in [0.5, 0.6) is 5.88 Å². The number of methoxy groups -OCH3 is 2. The van der Waals surface area contributed by atoms with Crippen molar-refractivity contribution in [3.05, 3.63) is 36.5 Å². The fraction of sp³-hybridized carbons (Fsp3) is 0.308. The Morgan fingerprint density at radius 3 is 2.65 bits per heavy atom. The smallest absolute Gasteiger partial charge is 0.221 e. The maximum atomic E-state index is 5.60. The second kappa shape index (κ2) is 5.61. The Morgan fingerprint density at radius 2 is 1.88 bits per heavy atom. The molecule has 0 amide bonds. The van der Waals surface area contributed by atoms with Gasteiger partial charge in [-0.15, -0.1) is 0 Å². The highest BCUT2D eigenvalue weighted by Crippen LogP contribution is 2.22. The van der Waals surface area contributed by atoms with Gasteiger partial charge in [0.25, 0.3) is 0 Å². The Labute approximate surface area is 100 Å². The van der Waals surface area contributed by atoms with Crippen LogP contribution in [0.1, 0.15) is 0 Å². The number of nitrogens with zero attached hydrogens (tertiary/aromatic N) is 1. The van der Waals surface area contributed by atoms with Crippen molar-refractivity contribution in [2.75, 3.05) is 20.8 Å². The van der Waals surface area contributed by atoms with Crippen LogP contribution in [0, 0.1) is 0 Å². The van der Waals surface area contributed by atoms with Gasteiger partial charge in [-0.1, -0.05) is 18.2 Å². The van der Waals surface area contributed by atoms with Crippen molar-refractivity contribution in [1.82, 2.24) is 4.98 Å². The molecule has 2 rings (SSSR count). The largest absolute Gasteiger partial charge is 0.472 e. The lowest BCUT2D eigenvalue weighted by Crippen LogP contribution is -2.22. The van der Waals surface area contributed by atoms with E-state index in [1.54, 1.807) is 20.4 Å². The van der Waals surface area contributed by atoms with Gasteiger partial charge in [0.2, 0.25) is 5.88 Å². The third-order valence-electron chi connectivity index (χ3n) is 2.52. The van der Waals surface area contributed by atoms with E-state index in [0.717, 1.165) is 10.8 Å². The molecule has 0 saturated carbocycles. The van der Waals surface area contributed by atoms with Crippen LogP contribution < -0.4 is 4.74 Å². The van der Waals surface area contributed by atoms with Crippen LogP contribution in [0.15, 0.2) is 36.5 Å². The van der Waals surface area contributed by atoms with E-state index < -0.39 is 0 Å². The molecular formula is C13H15NO3. The molecule has 0 atom stereocenters. The summed E-state index contributed by atoms with van der Waals surface area (Å²) in [6.07, 6.45) is 1.35. The quantitative estimate of drug-likeness (QED) is 0.742. The minimum Gasteiger partial charge on any atom is -0.472 e. The summed E-state index contributed by atoms with van der Waals surface area (Å²) >= 11 is 0. The summed E-state index contributed by atoms with van der Waals surface area (Å²) in [5.41, 5.74) is 0. The van der Waals surface area contributed by atoms with Gasteiger partial charge in [-0.25, -0.2) is 4.98 Å². The summed E-state index contributed by atoms with van der Waals surface area (Å²) in [6, 6.07) is 9.90. The Balaban J connectivity index is 2.18. The van der Waals surface area contributed by atoms with Gasteiger partial charge < -0.3 is 14.2 Å². The van der Waals surface area contributed by atoms with Gasteiger partial charge in [0.1, 0.15) is 6.61 Å². The van der Waals surface area contributed by atoms with Crippen molar-refractivity contribution >= 4 is 10.8 Å². The summed E-state index contributed by atoms with van der Waals surface area (Å²) < 4.78 is 15.7. The summed E-state index contributed by atoms with van der Waals surface area (Å²) in [7, 11) is 3.15. The second-order valence-corrected chi connectivity index (χ2v) is 3.55. The summed E-state index contributed by atoms with van der Waals surface area (Å²) in [4.78, 5) is 4.21. The lowest BCUT2D eigenvalue weighted by Gasteiger charge is -2.14. The van der Waals surface area contributed by atoms with Crippen molar-refractivity contribution in [3.63, 3.8) is 0 Å². The first-order valence-corrected chi connectivity index (χ1v) is 5.37. The molecule has 17 heavy (non-hydrogen) atoms. The van der Waals surface area contributed by atoms with Gasteiger partial charge in [0, 0.05) is 25.8 Å². The van der Waals surface area contributed by atoms with Crippen molar-refractivity contribution in [3.8, 4) is 5.88 Å². The third kappa shape index (κ3) is 2.72. The number of fused-ring (bicyclic) bond motifs is 1. The van der Waals surface area contributed by atoms with Gasteiger partial charge in [-0.2, -0.15) is 0 Å². The second-order valence-electron chi connectivity index (χ2n) is 3.55. The SMILES string of the molecule is COC(COc1nccc2ccccc12)OC. The van der Waals surface area contributed by atoms with E-state index >= 15 is 0 Å². The molecule has 1 aromatic carbocycles. The predicted molar refractivity (Wildman–Crippen MR) is 65.0 cm³/mol. The molecule has 0 radical (unpaired) electrons. The maximum Gasteiger partial charge on any atom is 0.221 e. The topological polar surface area (TPSA) is 40.6 Å². The van der Waals surface area contributed by atoms with Crippen LogP contribution in [0.3, 0.4) is 0 Å². The molecular weight excluding hydrogens is 218 g/mol. The van der Waals surface area contributed by atoms with E-state index in [-0.39, 0.29) is 6.29 Å². The van der Waals surface area contributed by atoms with Crippen LogP contribution in [0.4, 0.5) is 0 Å². The van der Waals surface area contributed by atoms with E-state index in [9.17, 15) is 0 Å². The lowest BCUT2D eigenvalue weighted by molar-refractivity contribution is -0.122. The zero-order valence-electron chi connectivity index (χ0n) is 9.92. The highest BCUT2D eigenvalue weighted by atomic mass is 16.7. The van der Waals surface area contributed by atoms with E-state index in [4.69, 9.17) is 14.2 Å². The van der Waals surface area contributed by atoms with Crippen LogP contribution >= 0.6 is 0 Å². The number of hydrogen-bond acceptors (Lipinski definition) is 4. The maximum absolute atomic E-state index is 5.60. The molecule has 4 heteroatoms. The third-order valence-corrected chi connectivity index (χ3v) is 2.52. The van der Waals surface area contributed by atoms with E-state index in [0.29, 0.717) is 12.5 Å². The zero-order valence-corrected chi connectivity index (χ0v) is 9.92. The zero-order chi connectivity index (χ0) is 12.1. The number of aromatic nitrogens is 1. The van der Waals surface area contributed by atoms with E-state index in [2.05, 4.69) is 4.98 Å². The van der Waals surface area contributed by atoms with E-state index in [1.165, 1.54) is 0 Å². The number of ether oxygens (including phenoxy) is 3. The average Bonchev–Trinajstić information content (AvgIpc) is 2.40.